The zero-order valence-electron chi connectivity index (χ0n) is 29.4. The Morgan fingerprint density at radius 2 is 0.900 bits per heavy atom. The molecule has 0 spiro atoms. The number of phenols is 4. The Hall–Kier alpha value is -5.27. The van der Waals surface area contributed by atoms with E-state index in [4.69, 9.17) is 4.74 Å². The van der Waals surface area contributed by atoms with Crippen molar-refractivity contribution in [3.8, 4) is 23.0 Å². The van der Waals surface area contributed by atoms with Crippen LogP contribution in [0.1, 0.15) is 72.3 Å². The van der Waals surface area contributed by atoms with Gasteiger partial charge in [-0.3, -0.25) is 9.69 Å². The second kappa shape index (κ2) is 14.3. The molecule has 7 nitrogen and oxygen atoms in total. The maximum atomic E-state index is 13.6. The van der Waals surface area contributed by atoms with Crippen LogP contribution in [0.2, 0.25) is 0 Å². The highest BCUT2D eigenvalue weighted by Crippen LogP contribution is 2.38. The predicted octanol–water partition coefficient (Wildman–Crippen LogP) is 7.61. The molecule has 5 aromatic rings. The summed E-state index contributed by atoms with van der Waals surface area (Å²) in [6.07, 6.45) is 1.21. The van der Waals surface area contributed by atoms with Crippen LogP contribution >= 0.6 is 0 Å². The van der Waals surface area contributed by atoms with Gasteiger partial charge in [0.15, 0.2) is 0 Å². The number of aryl methyl sites for hydroxylation is 4. The van der Waals surface area contributed by atoms with Crippen molar-refractivity contribution < 1.29 is 30.0 Å². The summed E-state index contributed by atoms with van der Waals surface area (Å²) in [5, 5.41) is 46.9. The number of rotatable bonds is 4. The average Bonchev–Trinajstić information content (AvgIpc) is 3.07. The van der Waals surface area contributed by atoms with Gasteiger partial charge in [-0.25, -0.2) is 0 Å². The number of esters is 1. The number of fused-ring (bicyclic) bond motifs is 8. The number of phenolic OH excluding ortho intramolecular Hbond substituents is 4. The number of carbonyl (C=O) groups is 1. The molecule has 0 aliphatic carbocycles. The number of nitrogens with zero attached hydrogens (tertiary/aromatic N) is 1. The number of methoxy groups -OCH3 is 1. The van der Waals surface area contributed by atoms with Crippen molar-refractivity contribution in [3.05, 3.63) is 151 Å². The SMILES string of the molecule is COC(=O)[C@@H](Cc1ccccc1)N1Cc2cc(C)cc(c2O)Cc2cc(C)cc(c2O)Cc2cc(C)cc(c2O)Cc2cc(C)cc(c2O)C1. The number of hydrogen-bond donors (Lipinski definition) is 4. The highest BCUT2D eigenvalue weighted by molar-refractivity contribution is 5.76. The number of benzene rings is 5. The topological polar surface area (TPSA) is 110 Å². The van der Waals surface area contributed by atoms with E-state index in [0.717, 1.165) is 27.8 Å². The number of aromatic hydroxyl groups is 4. The first-order valence-electron chi connectivity index (χ1n) is 17.0. The van der Waals surface area contributed by atoms with Gasteiger partial charge in [-0.05, 0) is 73.1 Å². The lowest BCUT2D eigenvalue weighted by Crippen LogP contribution is -2.42. The van der Waals surface area contributed by atoms with Gasteiger partial charge in [0.1, 0.15) is 29.0 Å². The highest BCUT2D eigenvalue weighted by Gasteiger charge is 2.30. The maximum Gasteiger partial charge on any atom is 0.323 e. The fourth-order valence-corrected chi connectivity index (χ4v) is 7.45. The second-order valence-electron chi connectivity index (χ2n) is 13.9. The minimum Gasteiger partial charge on any atom is -0.507 e. The molecule has 0 fully saturated rings. The molecule has 0 saturated carbocycles. The molecule has 0 radical (unpaired) electrons. The van der Waals surface area contributed by atoms with E-state index >= 15 is 0 Å². The molecule has 0 amide bonds. The van der Waals surface area contributed by atoms with E-state index in [2.05, 4.69) is 0 Å². The van der Waals surface area contributed by atoms with Crippen molar-refractivity contribution in [2.24, 2.45) is 0 Å². The van der Waals surface area contributed by atoms with Crippen LogP contribution in [0.4, 0.5) is 0 Å². The number of hydrogen-bond acceptors (Lipinski definition) is 7. The summed E-state index contributed by atoms with van der Waals surface area (Å²) in [5.41, 5.74) is 9.92. The molecule has 50 heavy (non-hydrogen) atoms. The van der Waals surface area contributed by atoms with E-state index in [0.29, 0.717) is 57.3 Å². The van der Waals surface area contributed by atoms with E-state index in [9.17, 15) is 25.2 Å². The summed E-state index contributed by atoms with van der Waals surface area (Å²) in [7, 11) is 1.37. The van der Waals surface area contributed by atoms with Gasteiger partial charge in [-0.15, -0.1) is 0 Å². The van der Waals surface area contributed by atoms with Gasteiger partial charge in [0, 0.05) is 43.5 Å². The van der Waals surface area contributed by atoms with Crippen LogP contribution < -0.4 is 0 Å². The second-order valence-corrected chi connectivity index (χ2v) is 13.9. The first kappa shape index (κ1) is 34.6. The number of carbonyl (C=O) groups excluding carboxylic acids is 1. The third-order valence-electron chi connectivity index (χ3n) is 9.72. The summed E-state index contributed by atoms with van der Waals surface area (Å²) >= 11 is 0. The summed E-state index contributed by atoms with van der Waals surface area (Å²) in [6, 6.07) is 24.4. The molecule has 8 bridgehead atoms. The normalized spacial score (nSPS) is 14.0. The molecule has 1 aliphatic heterocycles. The predicted molar refractivity (Wildman–Crippen MR) is 195 cm³/mol. The molecule has 5 aromatic carbocycles. The highest BCUT2D eigenvalue weighted by atomic mass is 16.5. The molecule has 0 aromatic heterocycles. The Morgan fingerprint density at radius 1 is 0.580 bits per heavy atom. The molecule has 0 saturated heterocycles. The van der Waals surface area contributed by atoms with E-state index < -0.39 is 12.0 Å². The first-order valence-corrected chi connectivity index (χ1v) is 17.0. The van der Waals surface area contributed by atoms with Crippen LogP contribution in [0.25, 0.3) is 0 Å². The van der Waals surface area contributed by atoms with Crippen LogP contribution in [0, 0.1) is 27.7 Å². The maximum absolute atomic E-state index is 13.6. The minimum atomic E-state index is -0.744. The molecule has 1 atom stereocenters. The van der Waals surface area contributed by atoms with Crippen LogP contribution in [-0.2, 0) is 48.3 Å². The van der Waals surface area contributed by atoms with Crippen molar-refractivity contribution in [3.63, 3.8) is 0 Å². The summed E-state index contributed by atoms with van der Waals surface area (Å²) in [5.74, 6) is -0.00826. The molecule has 1 aliphatic rings. The zero-order valence-corrected chi connectivity index (χ0v) is 29.4. The molecule has 1 heterocycles. The Kier molecular flexibility index (Phi) is 9.89. The van der Waals surface area contributed by atoms with Gasteiger partial charge in [-0.2, -0.15) is 0 Å². The number of ether oxygens (including phenoxy) is 1. The Bertz CT molecular complexity index is 1950. The van der Waals surface area contributed by atoms with Gasteiger partial charge in [0.05, 0.1) is 7.11 Å². The molecule has 258 valence electrons. The van der Waals surface area contributed by atoms with Crippen LogP contribution in [0.5, 0.6) is 23.0 Å². The first-order chi connectivity index (χ1) is 23.9. The quantitative estimate of drug-likeness (QED) is 0.146. The monoisotopic (exact) mass is 671 g/mol. The Labute approximate surface area is 294 Å². The van der Waals surface area contributed by atoms with E-state index in [1.807, 2.05) is 111 Å². The lowest BCUT2D eigenvalue weighted by Gasteiger charge is -2.31. The van der Waals surface area contributed by atoms with Gasteiger partial charge < -0.3 is 25.2 Å². The van der Waals surface area contributed by atoms with Gasteiger partial charge in [0.25, 0.3) is 0 Å². The van der Waals surface area contributed by atoms with Crippen LogP contribution in [0.3, 0.4) is 0 Å². The van der Waals surface area contributed by atoms with E-state index in [1.54, 1.807) is 0 Å². The van der Waals surface area contributed by atoms with Crippen molar-refractivity contribution >= 4 is 5.97 Å². The summed E-state index contributed by atoms with van der Waals surface area (Å²) in [4.78, 5) is 15.5. The van der Waals surface area contributed by atoms with Crippen molar-refractivity contribution in [2.75, 3.05) is 7.11 Å². The van der Waals surface area contributed by atoms with Crippen LogP contribution in [-0.4, -0.2) is 44.4 Å². The molecule has 0 unspecified atom stereocenters. The van der Waals surface area contributed by atoms with Crippen molar-refractivity contribution in [1.82, 2.24) is 4.90 Å². The minimum absolute atomic E-state index is 0.0858. The Morgan fingerprint density at radius 3 is 1.24 bits per heavy atom. The Balaban J connectivity index is 1.58. The van der Waals surface area contributed by atoms with Gasteiger partial charge in [0.2, 0.25) is 0 Å². The third-order valence-corrected chi connectivity index (χ3v) is 9.72. The fraction of sp³-hybridized carbons (Fsp3) is 0.279. The average molecular weight is 672 g/mol. The van der Waals surface area contributed by atoms with Crippen LogP contribution in [0.15, 0.2) is 78.9 Å². The summed E-state index contributed by atoms with van der Waals surface area (Å²) in [6.45, 7) is 8.23. The van der Waals surface area contributed by atoms with Gasteiger partial charge in [-0.1, -0.05) is 101 Å². The molecule has 7 heteroatoms. The zero-order chi connectivity index (χ0) is 35.7. The standard InChI is InChI=1S/C43H45NO6/c1-25-11-30-20-31-12-26(2)14-33(40(31)46)22-35-16-28(4)18-37(42(35)48)24-44(38(43(49)50-5)19-29-9-7-6-8-10-29)23-36-17-27(3)15-34(41(36)47)21-32(13-25)39(30)45/h6-18,38,45-48H,19-24H2,1-5H3/t38-/m1/s1. The van der Waals surface area contributed by atoms with Crippen molar-refractivity contribution in [2.45, 2.75) is 72.5 Å². The molecule has 6 rings (SSSR count). The molecular weight excluding hydrogens is 626 g/mol. The van der Waals surface area contributed by atoms with E-state index in [-0.39, 0.29) is 48.9 Å². The fourth-order valence-electron chi connectivity index (χ4n) is 7.45. The van der Waals surface area contributed by atoms with Gasteiger partial charge >= 0.3 is 5.97 Å². The van der Waals surface area contributed by atoms with E-state index in [1.165, 1.54) is 7.11 Å². The largest absolute Gasteiger partial charge is 0.507 e. The summed E-state index contributed by atoms with van der Waals surface area (Å²) < 4.78 is 5.36. The van der Waals surface area contributed by atoms with Crippen molar-refractivity contribution in [1.29, 1.82) is 0 Å². The molecule has 4 N–H and O–H groups in total. The molecular formula is C43H45NO6. The smallest absolute Gasteiger partial charge is 0.323 e. The lowest BCUT2D eigenvalue weighted by molar-refractivity contribution is -0.147. The third kappa shape index (κ3) is 7.33. The lowest BCUT2D eigenvalue weighted by atomic mass is 9.90.